The average Bonchev–Trinajstić information content (AvgIpc) is 3.42. The predicted octanol–water partition coefficient (Wildman–Crippen LogP) is 4.14. The van der Waals surface area contributed by atoms with Gasteiger partial charge in [-0.2, -0.15) is 0 Å². The molecule has 2 aromatic heterocycles. The highest BCUT2D eigenvalue weighted by atomic mass is 32.2. The van der Waals surface area contributed by atoms with Gasteiger partial charge in [0.1, 0.15) is 0 Å². The van der Waals surface area contributed by atoms with Gasteiger partial charge in [0.25, 0.3) is 5.22 Å². The molecule has 0 N–H and O–H groups in total. The van der Waals surface area contributed by atoms with Gasteiger partial charge in [-0.1, -0.05) is 48.2 Å². The first-order valence-corrected chi connectivity index (χ1v) is 11.7. The van der Waals surface area contributed by atoms with E-state index in [2.05, 4.69) is 39.4 Å². The lowest BCUT2D eigenvalue weighted by atomic mass is 10.00. The lowest BCUT2D eigenvalue weighted by Crippen LogP contribution is -2.37. The lowest BCUT2D eigenvalue weighted by molar-refractivity contribution is -0.129. The SMILES string of the molecule is O=C(CSc1nnc(CCc2nc3ccccc3s2)o1)N1CCc2ccccc2C1. The summed E-state index contributed by atoms with van der Waals surface area (Å²) in [4.78, 5) is 19.1. The van der Waals surface area contributed by atoms with Crippen molar-refractivity contribution >= 4 is 39.2 Å². The van der Waals surface area contributed by atoms with E-state index in [9.17, 15) is 4.79 Å². The third-order valence-electron chi connectivity index (χ3n) is 5.14. The van der Waals surface area contributed by atoms with Crippen LogP contribution in [0.4, 0.5) is 0 Å². The maximum Gasteiger partial charge on any atom is 0.277 e. The van der Waals surface area contributed by atoms with E-state index in [1.807, 2.05) is 29.2 Å². The summed E-state index contributed by atoms with van der Waals surface area (Å²) in [5, 5.41) is 9.71. The summed E-state index contributed by atoms with van der Waals surface area (Å²) in [6.45, 7) is 1.43. The summed E-state index contributed by atoms with van der Waals surface area (Å²) in [6.07, 6.45) is 2.31. The fraction of sp³-hybridized carbons (Fsp3) is 0.273. The molecular weight excluding hydrogens is 416 g/mol. The van der Waals surface area contributed by atoms with Gasteiger partial charge < -0.3 is 9.32 Å². The van der Waals surface area contributed by atoms with Crippen molar-refractivity contribution in [2.45, 2.75) is 31.0 Å². The van der Waals surface area contributed by atoms with Crippen LogP contribution in [0.1, 0.15) is 22.0 Å². The van der Waals surface area contributed by atoms with Gasteiger partial charge in [-0.15, -0.1) is 21.5 Å². The molecule has 1 amide bonds. The van der Waals surface area contributed by atoms with Crippen molar-refractivity contribution in [3.63, 3.8) is 0 Å². The molecule has 1 aliphatic heterocycles. The second-order valence-electron chi connectivity index (χ2n) is 7.16. The van der Waals surface area contributed by atoms with Gasteiger partial charge in [0.05, 0.1) is 21.0 Å². The predicted molar refractivity (Wildman–Crippen MR) is 118 cm³/mol. The molecule has 0 atom stereocenters. The quantitative estimate of drug-likeness (QED) is 0.423. The Morgan fingerprint density at radius 3 is 2.80 bits per heavy atom. The van der Waals surface area contributed by atoms with Crippen LogP contribution in [-0.4, -0.2) is 38.3 Å². The van der Waals surface area contributed by atoms with Crippen molar-refractivity contribution in [2.75, 3.05) is 12.3 Å². The fourth-order valence-corrected chi connectivity index (χ4v) is 5.21. The zero-order chi connectivity index (χ0) is 20.3. The van der Waals surface area contributed by atoms with Crippen LogP contribution in [0.3, 0.4) is 0 Å². The maximum atomic E-state index is 12.6. The Bertz CT molecular complexity index is 1150. The van der Waals surface area contributed by atoms with Crippen LogP contribution in [0.5, 0.6) is 0 Å². The van der Waals surface area contributed by atoms with Crippen molar-refractivity contribution in [2.24, 2.45) is 0 Å². The van der Waals surface area contributed by atoms with E-state index < -0.39 is 0 Å². The van der Waals surface area contributed by atoms with Gasteiger partial charge in [0, 0.05) is 25.9 Å². The molecule has 4 aromatic rings. The fourth-order valence-electron chi connectivity index (χ4n) is 3.56. The van der Waals surface area contributed by atoms with Gasteiger partial charge in [0.2, 0.25) is 11.8 Å². The summed E-state index contributed by atoms with van der Waals surface area (Å²) in [6, 6.07) is 16.4. The van der Waals surface area contributed by atoms with Gasteiger partial charge in [-0.05, 0) is 29.7 Å². The highest BCUT2D eigenvalue weighted by Gasteiger charge is 2.21. The summed E-state index contributed by atoms with van der Waals surface area (Å²) in [5.74, 6) is 0.988. The highest BCUT2D eigenvalue weighted by Crippen LogP contribution is 2.24. The van der Waals surface area contributed by atoms with E-state index in [0.29, 0.717) is 29.8 Å². The van der Waals surface area contributed by atoms with Gasteiger partial charge >= 0.3 is 0 Å². The molecule has 2 aromatic carbocycles. The van der Waals surface area contributed by atoms with Crippen molar-refractivity contribution in [3.8, 4) is 0 Å². The molecule has 1 aliphatic rings. The molecular formula is C22H20N4O2S2. The van der Waals surface area contributed by atoms with Crippen LogP contribution in [0.25, 0.3) is 10.2 Å². The Morgan fingerprint density at radius 1 is 1.07 bits per heavy atom. The number of carbonyl (C=O) groups excluding carboxylic acids is 1. The van der Waals surface area contributed by atoms with Crippen molar-refractivity contribution < 1.29 is 9.21 Å². The number of hydrogen-bond acceptors (Lipinski definition) is 7. The smallest absolute Gasteiger partial charge is 0.277 e. The Balaban J connectivity index is 1.13. The molecule has 8 heteroatoms. The number of nitrogens with zero attached hydrogens (tertiary/aromatic N) is 4. The Labute approximate surface area is 182 Å². The third kappa shape index (κ3) is 4.24. The normalized spacial score (nSPS) is 13.5. The number of hydrogen-bond donors (Lipinski definition) is 0. The molecule has 0 unspecified atom stereocenters. The molecule has 0 saturated carbocycles. The van der Waals surface area contributed by atoms with Crippen molar-refractivity contribution in [1.29, 1.82) is 0 Å². The van der Waals surface area contributed by atoms with E-state index in [1.54, 1.807) is 11.3 Å². The van der Waals surface area contributed by atoms with Gasteiger partial charge in [-0.3, -0.25) is 4.79 Å². The monoisotopic (exact) mass is 436 g/mol. The second-order valence-corrected chi connectivity index (χ2v) is 9.20. The number of aromatic nitrogens is 3. The Kier molecular flexibility index (Phi) is 5.50. The van der Waals surface area contributed by atoms with Crippen LogP contribution in [0.15, 0.2) is 58.2 Å². The van der Waals surface area contributed by atoms with Crippen LogP contribution >= 0.6 is 23.1 Å². The minimum Gasteiger partial charge on any atom is -0.416 e. The van der Waals surface area contributed by atoms with Crippen LogP contribution in [-0.2, 0) is 30.6 Å². The topological polar surface area (TPSA) is 72.1 Å². The largest absolute Gasteiger partial charge is 0.416 e. The lowest BCUT2D eigenvalue weighted by Gasteiger charge is -2.28. The van der Waals surface area contributed by atoms with E-state index in [0.717, 1.165) is 29.9 Å². The third-order valence-corrected chi connectivity index (χ3v) is 7.04. The Morgan fingerprint density at radius 2 is 1.90 bits per heavy atom. The number of para-hydroxylation sites is 1. The molecule has 0 saturated heterocycles. The molecule has 0 fully saturated rings. The number of carbonyl (C=O) groups is 1. The van der Waals surface area contributed by atoms with E-state index in [-0.39, 0.29) is 5.91 Å². The standard InChI is InChI=1S/C22H20N4O2S2/c27-21(26-12-11-15-5-1-2-6-16(15)13-26)14-29-22-25-24-19(28-22)9-10-20-23-17-7-3-4-8-18(17)30-20/h1-8H,9-14H2. The Hall–Kier alpha value is -2.71. The maximum absolute atomic E-state index is 12.6. The molecule has 152 valence electrons. The number of rotatable bonds is 6. The molecule has 6 nitrogen and oxygen atoms in total. The van der Waals surface area contributed by atoms with E-state index in [4.69, 9.17) is 4.42 Å². The number of fused-ring (bicyclic) bond motifs is 2. The summed E-state index contributed by atoms with van der Waals surface area (Å²) in [5.41, 5.74) is 3.60. The number of aryl methyl sites for hydroxylation is 2. The molecule has 0 aliphatic carbocycles. The minimum atomic E-state index is 0.101. The van der Waals surface area contributed by atoms with Crippen molar-refractivity contribution in [3.05, 3.63) is 70.6 Å². The molecule has 0 radical (unpaired) electrons. The summed E-state index contributed by atoms with van der Waals surface area (Å²) >= 11 is 3.00. The molecule has 0 bridgehead atoms. The number of thiazole rings is 1. The first-order chi connectivity index (χ1) is 14.7. The molecule has 30 heavy (non-hydrogen) atoms. The average molecular weight is 437 g/mol. The zero-order valence-corrected chi connectivity index (χ0v) is 17.9. The number of amides is 1. The van der Waals surface area contributed by atoms with Gasteiger partial charge in [0.15, 0.2) is 0 Å². The van der Waals surface area contributed by atoms with E-state index >= 15 is 0 Å². The summed E-state index contributed by atoms with van der Waals surface area (Å²) < 4.78 is 6.91. The van der Waals surface area contributed by atoms with Crippen LogP contribution in [0, 0.1) is 0 Å². The first kappa shape index (κ1) is 19.3. The first-order valence-electron chi connectivity index (χ1n) is 9.89. The second kappa shape index (κ2) is 8.57. The molecule has 0 spiro atoms. The number of benzene rings is 2. The van der Waals surface area contributed by atoms with E-state index in [1.165, 1.54) is 27.6 Å². The molecule has 3 heterocycles. The summed E-state index contributed by atoms with van der Waals surface area (Å²) in [7, 11) is 0. The zero-order valence-electron chi connectivity index (χ0n) is 16.3. The van der Waals surface area contributed by atoms with Crippen molar-refractivity contribution in [1.82, 2.24) is 20.1 Å². The number of thioether (sulfide) groups is 1. The van der Waals surface area contributed by atoms with Crippen LogP contribution < -0.4 is 0 Å². The minimum absolute atomic E-state index is 0.101. The van der Waals surface area contributed by atoms with Gasteiger partial charge in [-0.25, -0.2) is 4.98 Å². The molecule has 5 rings (SSSR count). The van der Waals surface area contributed by atoms with Crippen LogP contribution in [0.2, 0.25) is 0 Å². The highest BCUT2D eigenvalue weighted by molar-refractivity contribution is 7.99.